The van der Waals surface area contributed by atoms with E-state index in [0.717, 1.165) is 5.52 Å². The van der Waals surface area contributed by atoms with E-state index < -0.39 is 5.97 Å². The number of hydrogen-bond donors (Lipinski definition) is 2. The van der Waals surface area contributed by atoms with Gasteiger partial charge in [0, 0.05) is 17.7 Å². The van der Waals surface area contributed by atoms with E-state index in [4.69, 9.17) is 21.4 Å². The van der Waals surface area contributed by atoms with E-state index in [1.165, 1.54) is 6.07 Å². The van der Waals surface area contributed by atoms with Crippen LogP contribution in [0.3, 0.4) is 0 Å². The normalized spacial score (nSPS) is 10.8. The van der Waals surface area contributed by atoms with Gasteiger partial charge in [0.15, 0.2) is 0 Å². The second kappa shape index (κ2) is 5.10. The highest BCUT2D eigenvalue weighted by molar-refractivity contribution is 6.35. The van der Waals surface area contributed by atoms with Crippen LogP contribution in [0.15, 0.2) is 36.4 Å². The van der Waals surface area contributed by atoms with Gasteiger partial charge in [-0.15, -0.1) is 0 Å². The number of halogens is 1. The molecule has 1 aromatic heterocycles. The van der Waals surface area contributed by atoms with Crippen molar-refractivity contribution in [2.75, 3.05) is 7.11 Å². The van der Waals surface area contributed by atoms with Gasteiger partial charge in [-0.25, -0.2) is 9.78 Å². The first kappa shape index (κ1) is 13.5. The van der Waals surface area contributed by atoms with E-state index >= 15 is 0 Å². The maximum Gasteiger partial charge on any atom is 0.335 e. The summed E-state index contributed by atoms with van der Waals surface area (Å²) in [5, 5.41) is 9.51. The lowest BCUT2D eigenvalue weighted by Gasteiger charge is -1.99. The summed E-state index contributed by atoms with van der Waals surface area (Å²) in [5.41, 5.74) is 2.24. The predicted molar refractivity (Wildman–Crippen MR) is 80.1 cm³/mol. The van der Waals surface area contributed by atoms with Crippen LogP contribution in [0.25, 0.3) is 22.4 Å². The number of fused-ring (bicyclic) bond motifs is 1. The Morgan fingerprint density at radius 2 is 2.14 bits per heavy atom. The van der Waals surface area contributed by atoms with Crippen molar-refractivity contribution in [2.45, 2.75) is 0 Å². The maximum atomic E-state index is 11.0. The summed E-state index contributed by atoms with van der Waals surface area (Å²) in [5.74, 6) is 0.206. The van der Waals surface area contributed by atoms with Crippen LogP contribution in [0.4, 0.5) is 0 Å². The molecule has 0 spiro atoms. The minimum absolute atomic E-state index is 0.205. The number of H-pyrrole nitrogens is 1. The third kappa shape index (κ3) is 2.43. The van der Waals surface area contributed by atoms with E-state index in [2.05, 4.69) is 9.97 Å². The summed E-state index contributed by atoms with van der Waals surface area (Å²) >= 11 is 6.17. The first-order chi connectivity index (χ1) is 10.1. The average molecular weight is 303 g/mol. The number of carboxylic acids is 1. The number of aromatic nitrogens is 2. The summed E-state index contributed by atoms with van der Waals surface area (Å²) in [6.07, 6.45) is 0. The van der Waals surface area contributed by atoms with Crippen molar-refractivity contribution < 1.29 is 14.6 Å². The molecular formula is C15H11ClN2O3. The van der Waals surface area contributed by atoms with E-state index in [-0.39, 0.29) is 5.56 Å². The molecule has 0 aliphatic carbocycles. The van der Waals surface area contributed by atoms with E-state index in [1.54, 1.807) is 37.4 Å². The third-order valence-corrected chi connectivity index (χ3v) is 3.42. The molecule has 0 atom stereocenters. The second-order valence-corrected chi connectivity index (χ2v) is 4.88. The van der Waals surface area contributed by atoms with Gasteiger partial charge in [0.1, 0.15) is 17.1 Å². The van der Waals surface area contributed by atoms with Gasteiger partial charge >= 0.3 is 5.97 Å². The molecule has 5 nitrogen and oxygen atoms in total. The SMILES string of the molecule is COc1cc(Cl)c2nc(-c3cccc(C(=O)O)c3)[nH]c2c1. The zero-order valence-corrected chi connectivity index (χ0v) is 11.8. The molecule has 2 aromatic carbocycles. The number of aromatic amines is 1. The minimum Gasteiger partial charge on any atom is -0.497 e. The molecule has 0 unspecified atom stereocenters. The van der Waals surface area contributed by atoms with Crippen LogP contribution in [-0.4, -0.2) is 28.2 Å². The molecule has 2 N–H and O–H groups in total. The number of nitrogens with zero attached hydrogens (tertiary/aromatic N) is 1. The number of rotatable bonds is 3. The lowest BCUT2D eigenvalue weighted by Crippen LogP contribution is -1.95. The van der Waals surface area contributed by atoms with Crippen LogP contribution >= 0.6 is 11.6 Å². The number of aromatic carboxylic acids is 1. The van der Waals surface area contributed by atoms with Gasteiger partial charge in [0.2, 0.25) is 0 Å². The molecule has 0 saturated heterocycles. The number of carboxylic acid groups (broad SMARTS) is 1. The Labute approximate surface area is 125 Å². The number of ether oxygens (including phenoxy) is 1. The van der Waals surface area contributed by atoms with Crippen molar-refractivity contribution in [2.24, 2.45) is 0 Å². The number of imidazole rings is 1. The van der Waals surface area contributed by atoms with Crippen molar-refractivity contribution >= 4 is 28.6 Å². The molecule has 0 aliphatic rings. The molecule has 6 heteroatoms. The molecule has 0 fully saturated rings. The standard InChI is InChI=1S/C15H11ClN2O3/c1-21-10-6-11(16)13-12(7-10)17-14(18-13)8-3-2-4-9(5-8)15(19)20/h2-7H,1H3,(H,17,18)(H,19,20). The molecule has 0 amide bonds. The van der Waals surface area contributed by atoms with E-state index in [1.807, 2.05) is 0 Å². The number of methoxy groups -OCH3 is 1. The first-order valence-corrected chi connectivity index (χ1v) is 6.53. The van der Waals surface area contributed by atoms with Crippen LogP contribution in [0.1, 0.15) is 10.4 Å². The summed E-state index contributed by atoms with van der Waals surface area (Å²) in [6.45, 7) is 0. The zero-order chi connectivity index (χ0) is 15.0. The molecule has 0 radical (unpaired) electrons. The molecule has 3 rings (SSSR count). The maximum absolute atomic E-state index is 11.0. The van der Waals surface area contributed by atoms with Crippen molar-refractivity contribution in [3.63, 3.8) is 0 Å². The van der Waals surface area contributed by atoms with Crippen molar-refractivity contribution in [3.8, 4) is 17.1 Å². The molecule has 21 heavy (non-hydrogen) atoms. The molecule has 106 valence electrons. The summed E-state index contributed by atoms with van der Waals surface area (Å²) in [7, 11) is 1.56. The Balaban J connectivity index is 2.15. The van der Waals surface area contributed by atoms with Crippen LogP contribution in [-0.2, 0) is 0 Å². The topological polar surface area (TPSA) is 75.2 Å². The van der Waals surface area contributed by atoms with Gasteiger partial charge in [0.05, 0.1) is 23.2 Å². The largest absolute Gasteiger partial charge is 0.497 e. The fourth-order valence-corrected chi connectivity index (χ4v) is 2.36. The summed E-state index contributed by atoms with van der Waals surface area (Å²) < 4.78 is 5.16. The highest BCUT2D eigenvalue weighted by Gasteiger charge is 2.11. The highest BCUT2D eigenvalue weighted by atomic mass is 35.5. The number of benzene rings is 2. The smallest absolute Gasteiger partial charge is 0.335 e. The molecule has 3 aromatic rings. The molecule has 0 saturated carbocycles. The Bertz CT molecular complexity index is 842. The van der Waals surface area contributed by atoms with Gasteiger partial charge in [0.25, 0.3) is 0 Å². The quantitative estimate of drug-likeness (QED) is 0.775. The van der Waals surface area contributed by atoms with Crippen LogP contribution in [0.2, 0.25) is 5.02 Å². The Morgan fingerprint density at radius 3 is 2.86 bits per heavy atom. The highest BCUT2D eigenvalue weighted by Crippen LogP contribution is 2.30. The lowest BCUT2D eigenvalue weighted by molar-refractivity contribution is 0.0697. The Morgan fingerprint density at radius 1 is 1.33 bits per heavy atom. The first-order valence-electron chi connectivity index (χ1n) is 6.15. The minimum atomic E-state index is -0.979. The van der Waals surface area contributed by atoms with E-state index in [9.17, 15) is 4.79 Å². The predicted octanol–water partition coefficient (Wildman–Crippen LogP) is 3.59. The van der Waals surface area contributed by atoms with Crippen LogP contribution < -0.4 is 4.74 Å². The Hall–Kier alpha value is -2.53. The van der Waals surface area contributed by atoms with Crippen molar-refractivity contribution in [1.82, 2.24) is 9.97 Å². The van der Waals surface area contributed by atoms with Crippen molar-refractivity contribution in [1.29, 1.82) is 0 Å². The third-order valence-electron chi connectivity index (χ3n) is 3.13. The zero-order valence-electron chi connectivity index (χ0n) is 11.1. The second-order valence-electron chi connectivity index (χ2n) is 4.48. The monoisotopic (exact) mass is 302 g/mol. The number of hydrogen-bond acceptors (Lipinski definition) is 3. The molecule has 1 heterocycles. The van der Waals surface area contributed by atoms with Gasteiger partial charge < -0.3 is 14.8 Å². The Kier molecular flexibility index (Phi) is 3.27. The van der Waals surface area contributed by atoms with Crippen molar-refractivity contribution in [3.05, 3.63) is 47.0 Å². The molecular weight excluding hydrogens is 292 g/mol. The van der Waals surface area contributed by atoms with Gasteiger partial charge in [-0.1, -0.05) is 23.7 Å². The number of nitrogens with one attached hydrogen (secondary N) is 1. The molecule has 0 bridgehead atoms. The fourth-order valence-electron chi connectivity index (χ4n) is 2.10. The van der Waals surface area contributed by atoms with Gasteiger partial charge in [-0.2, -0.15) is 0 Å². The average Bonchev–Trinajstić information content (AvgIpc) is 2.92. The summed E-state index contributed by atoms with van der Waals surface area (Å²) in [4.78, 5) is 18.6. The van der Waals surface area contributed by atoms with Crippen LogP contribution in [0, 0.1) is 0 Å². The molecule has 0 aliphatic heterocycles. The van der Waals surface area contributed by atoms with Gasteiger partial charge in [-0.3, -0.25) is 0 Å². The number of carbonyl (C=O) groups is 1. The van der Waals surface area contributed by atoms with Gasteiger partial charge in [-0.05, 0) is 12.1 Å². The van der Waals surface area contributed by atoms with E-state index in [0.29, 0.717) is 27.7 Å². The van der Waals surface area contributed by atoms with Crippen LogP contribution in [0.5, 0.6) is 5.75 Å². The summed E-state index contributed by atoms with van der Waals surface area (Å²) in [6, 6.07) is 10.0. The fraction of sp³-hybridized carbons (Fsp3) is 0.0667. The lowest BCUT2D eigenvalue weighted by atomic mass is 10.1.